The van der Waals surface area contributed by atoms with Crippen LogP contribution in [0, 0.1) is 0 Å². The van der Waals surface area contributed by atoms with E-state index in [0.717, 1.165) is 43.2 Å². The van der Waals surface area contributed by atoms with Gasteiger partial charge in [0.15, 0.2) is 0 Å². The number of nitrogens with zero attached hydrogens (tertiary/aromatic N) is 2. The Hall–Kier alpha value is -3.46. The molecule has 2 aliphatic heterocycles. The molecule has 2 amide bonds. The number of benzene rings is 1. The van der Waals surface area contributed by atoms with Gasteiger partial charge in [0.2, 0.25) is 5.91 Å². The first kappa shape index (κ1) is 24.7. The Morgan fingerprint density at radius 1 is 1.29 bits per heavy atom. The van der Waals surface area contributed by atoms with Crippen LogP contribution in [0.25, 0.3) is 0 Å². The fraction of sp³-hybridized carbons (Fsp3) is 0.462. The predicted octanol–water partition coefficient (Wildman–Crippen LogP) is 1.86. The number of hydrogen-bond donors (Lipinski definition) is 2. The number of rotatable bonds is 10. The Morgan fingerprint density at radius 3 is 2.91 bits per heavy atom. The summed E-state index contributed by atoms with van der Waals surface area (Å²) < 4.78 is 6.15. The molecular formula is C26H32N4O5. The van der Waals surface area contributed by atoms with Crippen molar-refractivity contribution in [2.24, 2.45) is 0 Å². The van der Waals surface area contributed by atoms with Gasteiger partial charge in [0.25, 0.3) is 11.5 Å². The third-order valence-corrected chi connectivity index (χ3v) is 6.86. The number of fused-ring (bicyclic) bond motifs is 1. The number of likely N-dealkylation sites (tertiary alicyclic amines) is 1. The number of amides is 2. The number of aromatic amines is 1. The second-order valence-electron chi connectivity index (χ2n) is 9.08. The number of pyridine rings is 1. The Balaban J connectivity index is 1.42. The molecule has 1 aromatic heterocycles. The summed E-state index contributed by atoms with van der Waals surface area (Å²) in [6, 6.07) is 8.60. The van der Waals surface area contributed by atoms with Gasteiger partial charge < -0.3 is 24.7 Å². The highest BCUT2D eigenvalue weighted by molar-refractivity contribution is 6.01. The largest absolute Gasteiger partial charge is 0.492 e. The van der Waals surface area contributed by atoms with Gasteiger partial charge >= 0.3 is 0 Å². The molecule has 1 saturated heterocycles. The number of nitrogens with one attached hydrogen (secondary N) is 2. The molecule has 35 heavy (non-hydrogen) atoms. The highest BCUT2D eigenvalue weighted by atomic mass is 16.5. The summed E-state index contributed by atoms with van der Waals surface area (Å²) in [5.41, 5.74) is 2.05. The van der Waals surface area contributed by atoms with Gasteiger partial charge in [-0.2, -0.15) is 0 Å². The SMILES string of the molecule is CNC(=O)C(CCC=O)N1Cc2cc(OCC3CCCCN3Cc3ccc[nH]c3=O)ccc2C1=O. The molecule has 0 bridgehead atoms. The maximum atomic E-state index is 13.0. The van der Waals surface area contributed by atoms with E-state index in [1.807, 2.05) is 18.2 Å². The van der Waals surface area contributed by atoms with Gasteiger partial charge in [-0.3, -0.25) is 19.3 Å². The second kappa shape index (κ2) is 11.3. The van der Waals surface area contributed by atoms with Crippen LogP contribution in [0.1, 0.15) is 53.6 Å². The zero-order valence-electron chi connectivity index (χ0n) is 20.0. The van der Waals surface area contributed by atoms with Crippen LogP contribution in [0.5, 0.6) is 5.75 Å². The van der Waals surface area contributed by atoms with E-state index in [1.54, 1.807) is 18.3 Å². The fourth-order valence-corrected chi connectivity index (χ4v) is 4.93. The number of likely N-dealkylation sites (N-methyl/N-ethyl adjacent to an activating group) is 1. The standard InChI is InChI=1S/C26H32N4O5/c1-27-25(33)23(8-5-13-31)30-16-19-14-21(9-10-22(19)26(30)34)35-17-20-7-2-3-12-29(20)15-18-6-4-11-28-24(18)32/h4,6,9-11,13-14,20,23H,2-3,5,7-8,12,15-17H2,1H3,(H,27,33)(H,28,32). The summed E-state index contributed by atoms with van der Waals surface area (Å²) >= 11 is 0. The van der Waals surface area contributed by atoms with Gasteiger partial charge in [-0.15, -0.1) is 0 Å². The molecule has 0 saturated carbocycles. The van der Waals surface area contributed by atoms with Crippen LogP contribution >= 0.6 is 0 Å². The molecular weight excluding hydrogens is 448 g/mol. The van der Waals surface area contributed by atoms with Crippen LogP contribution in [0.2, 0.25) is 0 Å². The number of piperidine rings is 1. The van der Waals surface area contributed by atoms with Crippen molar-refractivity contribution in [3.05, 3.63) is 63.6 Å². The number of H-pyrrole nitrogens is 1. The van der Waals surface area contributed by atoms with Gasteiger partial charge in [0, 0.05) is 49.9 Å². The number of aldehydes is 1. The first-order valence-corrected chi connectivity index (χ1v) is 12.1. The Bertz CT molecular complexity index is 1130. The predicted molar refractivity (Wildman–Crippen MR) is 130 cm³/mol. The molecule has 2 aromatic rings. The lowest BCUT2D eigenvalue weighted by molar-refractivity contribution is -0.125. The summed E-state index contributed by atoms with van der Waals surface area (Å²) in [4.78, 5) is 54.9. The van der Waals surface area contributed by atoms with Crippen LogP contribution in [-0.2, 0) is 22.7 Å². The molecule has 3 heterocycles. The van der Waals surface area contributed by atoms with Crippen molar-refractivity contribution >= 4 is 18.1 Å². The van der Waals surface area contributed by atoms with Gasteiger partial charge in [0.05, 0.1) is 0 Å². The van der Waals surface area contributed by atoms with Crippen molar-refractivity contribution in [1.82, 2.24) is 20.1 Å². The molecule has 0 spiro atoms. The van der Waals surface area contributed by atoms with Crippen molar-refractivity contribution in [3.8, 4) is 5.75 Å². The quantitative estimate of drug-likeness (QED) is 0.502. The molecule has 2 aliphatic rings. The maximum Gasteiger partial charge on any atom is 0.255 e. The van der Waals surface area contributed by atoms with Crippen molar-refractivity contribution in [2.45, 2.75) is 57.3 Å². The van der Waals surface area contributed by atoms with Gasteiger partial charge in [-0.25, -0.2) is 0 Å². The smallest absolute Gasteiger partial charge is 0.255 e. The van der Waals surface area contributed by atoms with Crippen LogP contribution in [0.3, 0.4) is 0 Å². The molecule has 0 radical (unpaired) electrons. The third kappa shape index (κ3) is 5.62. The van der Waals surface area contributed by atoms with Crippen LogP contribution in [-0.4, -0.2) is 65.2 Å². The minimum absolute atomic E-state index is 0.0613. The lowest BCUT2D eigenvalue weighted by atomic mass is 10.0. The first-order valence-electron chi connectivity index (χ1n) is 12.1. The number of ether oxygens (including phenoxy) is 1. The Morgan fingerprint density at radius 2 is 2.14 bits per heavy atom. The molecule has 1 aromatic carbocycles. The topological polar surface area (TPSA) is 112 Å². The molecule has 1 fully saturated rings. The summed E-state index contributed by atoms with van der Waals surface area (Å²) in [6.45, 7) is 2.28. The van der Waals surface area contributed by atoms with Crippen LogP contribution < -0.4 is 15.6 Å². The zero-order chi connectivity index (χ0) is 24.8. The first-order chi connectivity index (χ1) is 17.0. The average molecular weight is 481 g/mol. The number of carbonyl (C=O) groups is 3. The second-order valence-corrected chi connectivity index (χ2v) is 9.08. The monoisotopic (exact) mass is 480 g/mol. The number of aromatic nitrogens is 1. The molecule has 9 heteroatoms. The van der Waals surface area contributed by atoms with E-state index in [-0.39, 0.29) is 36.3 Å². The van der Waals surface area contributed by atoms with E-state index < -0.39 is 6.04 Å². The summed E-state index contributed by atoms with van der Waals surface area (Å²) in [5, 5.41) is 2.59. The molecule has 4 rings (SSSR count). The van der Waals surface area contributed by atoms with Gasteiger partial charge in [-0.05, 0) is 55.6 Å². The summed E-state index contributed by atoms with van der Waals surface area (Å²) in [5.74, 6) is 0.183. The minimum atomic E-state index is -0.689. The van der Waals surface area contributed by atoms with Crippen molar-refractivity contribution < 1.29 is 19.1 Å². The van der Waals surface area contributed by atoms with E-state index >= 15 is 0 Å². The van der Waals surface area contributed by atoms with Crippen molar-refractivity contribution in [2.75, 3.05) is 20.2 Å². The normalized spacial score (nSPS) is 18.7. The van der Waals surface area contributed by atoms with Crippen molar-refractivity contribution in [1.29, 1.82) is 0 Å². The minimum Gasteiger partial charge on any atom is -0.492 e. The Kier molecular flexibility index (Phi) is 7.97. The number of hydrogen-bond acceptors (Lipinski definition) is 6. The van der Waals surface area contributed by atoms with Gasteiger partial charge in [0.1, 0.15) is 24.7 Å². The van der Waals surface area contributed by atoms with Crippen LogP contribution in [0.4, 0.5) is 0 Å². The zero-order valence-corrected chi connectivity index (χ0v) is 20.0. The summed E-state index contributed by atoms with van der Waals surface area (Å²) in [6.07, 6.45) is 6.10. The van der Waals surface area contributed by atoms with E-state index in [2.05, 4.69) is 15.2 Å². The molecule has 2 N–H and O–H groups in total. The molecule has 9 nitrogen and oxygen atoms in total. The highest BCUT2D eigenvalue weighted by Crippen LogP contribution is 2.30. The lowest BCUT2D eigenvalue weighted by Gasteiger charge is -2.35. The Labute approximate surface area is 204 Å². The summed E-state index contributed by atoms with van der Waals surface area (Å²) in [7, 11) is 1.53. The maximum absolute atomic E-state index is 13.0. The fourth-order valence-electron chi connectivity index (χ4n) is 4.93. The molecule has 2 unspecified atom stereocenters. The van der Waals surface area contributed by atoms with Crippen LogP contribution in [0.15, 0.2) is 41.3 Å². The van der Waals surface area contributed by atoms with E-state index in [4.69, 9.17) is 4.74 Å². The van der Waals surface area contributed by atoms with Gasteiger partial charge in [-0.1, -0.05) is 12.5 Å². The lowest BCUT2D eigenvalue weighted by Crippen LogP contribution is -2.46. The molecule has 186 valence electrons. The van der Waals surface area contributed by atoms with E-state index in [0.29, 0.717) is 31.0 Å². The molecule has 0 aliphatic carbocycles. The third-order valence-electron chi connectivity index (χ3n) is 6.86. The molecule has 2 atom stereocenters. The van der Waals surface area contributed by atoms with E-state index in [1.165, 1.54) is 11.9 Å². The number of carbonyl (C=O) groups excluding carboxylic acids is 3. The van der Waals surface area contributed by atoms with E-state index in [9.17, 15) is 19.2 Å². The highest BCUT2D eigenvalue weighted by Gasteiger charge is 2.36. The van der Waals surface area contributed by atoms with Crippen molar-refractivity contribution in [3.63, 3.8) is 0 Å². The average Bonchev–Trinajstić information content (AvgIpc) is 3.20.